The fraction of sp³-hybridized carbons (Fsp3) is 0.235. The molecule has 0 bridgehead atoms. The van der Waals surface area contributed by atoms with Gasteiger partial charge in [0.2, 0.25) is 5.91 Å². The maximum atomic E-state index is 11.8. The van der Waals surface area contributed by atoms with Crippen molar-refractivity contribution in [2.24, 2.45) is 0 Å². The number of amides is 1. The number of anilines is 1. The highest BCUT2D eigenvalue weighted by Gasteiger charge is 2.05. The number of hydrogen-bond donors (Lipinski definition) is 1. The van der Waals surface area contributed by atoms with Crippen LogP contribution >= 0.6 is 22.6 Å². The normalized spacial score (nSPS) is 10.1. The quantitative estimate of drug-likeness (QED) is 0.552. The number of nitrogens with one attached hydrogen (secondary N) is 1. The van der Waals surface area contributed by atoms with E-state index in [9.17, 15) is 4.79 Å². The van der Waals surface area contributed by atoms with Crippen LogP contribution in [0.1, 0.15) is 12.8 Å². The fourth-order valence-corrected chi connectivity index (χ4v) is 2.27. The van der Waals surface area contributed by atoms with Crippen molar-refractivity contribution in [2.45, 2.75) is 12.8 Å². The molecular formula is C17H18INO3. The van der Waals surface area contributed by atoms with E-state index in [1.807, 2.05) is 48.5 Å². The third-order valence-corrected chi connectivity index (χ3v) is 3.72. The molecule has 0 heterocycles. The summed E-state index contributed by atoms with van der Waals surface area (Å²) in [6.07, 6.45) is 1.06. The second-order valence-electron chi connectivity index (χ2n) is 4.66. The topological polar surface area (TPSA) is 47.6 Å². The number of methoxy groups -OCH3 is 1. The second kappa shape index (κ2) is 8.63. The number of carbonyl (C=O) groups is 1. The summed E-state index contributed by atoms with van der Waals surface area (Å²) in [5.41, 5.74) is 0.816. The van der Waals surface area contributed by atoms with Crippen molar-refractivity contribution in [1.29, 1.82) is 0 Å². The Morgan fingerprint density at radius 1 is 1.09 bits per heavy atom. The van der Waals surface area contributed by atoms with Crippen LogP contribution in [0.5, 0.6) is 11.5 Å². The molecule has 0 saturated carbocycles. The third-order valence-electron chi connectivity index (χ3n) is 3.00. The van der Waals surface area contributed by atoms with Crippen LogP contribution in [0.2, 0.25) is 0 Å². The van der Waals surface area contributed by atoms with Gasteiger partial charge in [-0.05, 0) is 65.4 Å². The molecule has 0 aliphatic carbocycles. The van der Waals surface area contributed by atoms with Crippen LogP contribution in [0, 0.1) is 3.57 Å². The molecule has 0 unspecified atom stereocenters. The van der Waals surface area contributed by atoms with Crippen LogP contribution in [0.3, 0.4) is 0 Å². The Bertz CT molecular complexity index is 614. The summed E-state index contributed by atoms with van der Waals surface area (Å²) in [6, 6.07) is 15.2. The van der Waals surface area contributed by atoms with E-state index in [1.165, 1.54) is 0 Å². The molecule has 5 heteroatoms. The average Bonchev–Trinajstić information content (AvgIpc) is 2.54. The summed E-state index contributed by atoms with van der Waals surface area (Å²) in [4.78, 5) is 11.8. The molecule has 116 valence electrons. The highest BCUT2D eigenvalue weighted by molar-refractivity contribution is 14.1. The van der Waals surface area contributed by atoms with Gasteiger partial charge >= 0.3 is 0 Å². The van der Waals surface area contributed by atoms with E-state index < -0.39 is 0 Å². The van der Waals surface area contributed by atoms with Crippen molar-refractivity contribution in [3.63, 3.8) is 0 Å². The maximum absolute atomic E-state index is 11.8. The van der Waals surface area contributed by atoms with E-state index in [-0.39, 0.29) is 5.91 Å². The van der Waals surface area contributed by atoms with Crippen molar-refractivity contribution in [3.05, 3.63) is 52.1 Å². The summed E-state index contributed by atoms with van der Waals surface area (Å²) >= 11 is 2.23. The lowest BCUT2D eigenvalue weighted by atomic mass is 10.2. The number of rotatable bonds is 7. The molecule has 4 nitrogen and oxygen atoms in total. The summed E-state index contributed by atoms with van der Waals surface area (Å²) < 4.78 is 12.0. The Morgan fingerprint density at radius 3 is 2.45 bits per heavy atom. The first-order valence-corrected chi connectivity index (χ1v) is 8.08. The van der Waals surface area contributed by atoms with Gasteiger partial charge in [0.25, 0.3) is 0 Å². The van der Waals surface area contributed by atoms with Crippen LogP contribution in [-0.2, 0) is 4.79 Å². The first-order valence-electron chi connectivity index (χ1n) is 7.00. The van der Waals surface area contributed by atoms with Crippen LogP contribution < -0.4 is 14.8 Å². The van der Waals surface area contributed by atoms with Gasteiger partial charge in [-0.2, -0.15) is 0 Å². The summed E-state index contributed by atoms with van der Waals surface area (Å²) in [5, 5.41) is 2.87. The Morgan fingerprint density at radius 2 is 1.77 bits per heavy atom. The summed E-state index contributed by atoms with van der Waals surface area (Å²) in [5.74, 6) is 1.39. The maximum Gasteiger partial charge on any atom is 0.224 e. The van der Waals surface area contributed by atoms with Crippen LogP contribution in [-0.4, -0.2) is 19.6 Å². The minimum atomic E-state index is -0.00941. The molecule has 2 aromatic carbocycles. The van der Waals surface area contributed by atoms with Gasteiger partial charge in [0, 0.05) is 15.7 Å². The number of ether oxygens (including phenoxy) is 2. The lowest BCUT2D eigenvalue weighted by Gasteiger charge is -2.10. The fourth-order valence-electron chi connectivity index (χ4n) is 1.91. The molecule has 0 aliphatic rings. The van der Waals surface area contributed by atoms with E-state index in [1.54, 1.807) is 7.11 Å². The zero-order chi connectivity index (χ0) is 15.8. The molecule has 0 aliphatic heterocycles. The van der Waals surface area contributed by atoms with Gasteiger partial charge < -0.3 is 14.8 Å². The van der Waals surface area contributed by atoms with Crippen molar-refractivity contribution in [1.82, 2.24) is 0 Å². The highest BCUT2D eigenvalue weighted by atomic mass is 127. The molecule has 2 aromatic rings. The number of carbonyl (C=O) groups excluding carboxylic acids is 1. The van der Waals surface area contributed by atoms with Gasteiger partial charge in [0.15, 0.2) is 11.5 Å². The Labute approximate surface area is 144 Å². The van der Waals surface area contributed by atoms with Gasteiger partial charge in [-0.1, -0.05) is 12.1 Å². The average molecular weight is 411 g/mol. The highest BCUT2D eigenvalue weighted by Crippen LogP contribution is 2.25. The molecule has 22 heavy (non-hydrogen) atoms. The zero-order valence-electron chi connectivity index (χ0n) is 12.3. The monoisotopic (exact) mass is 411 g/mol. The Kier molecular flexibility index (Phi) is 6.51. The predicted octanol–water partition coefficient (Wildman–Crippen LogP) is 4.10. The number of benzene rings is 2. The van der Waals surface area contributed by atoms with Crippen molar-refractivity contribution in [3.8, 4) is 11.5 Å². The van der Waals surface area contributed by atoms with Crippen LogP contribution in [0.15, 0.2) is 48.5 Å². The van der Waals surface area contributed by atoms with E-state index in [2.05, 4.69) is 27.9 Å². The van der Waals surface area contributed by atoms with E-state index in [4.69, 9.17) is 9.47 Å². The Hall–Kier alpha value is -1.76. The van der Waals surface area contributed by atoms with Crippen LogP contribution in [0.4, 0.5) is 5.69 Å². The first kappa shape index (κ1) is 16.6. The largest absolute Gasteiger partial charge is 0.493 e. The van der Waals surface area contributed by atoms with Gasteiger partial charge in [-0.25, -0.2) is 0 Å². The van der Waals surface area contributed by atoms with E-state index in [0.29, 0.717) is 30.9 Å². The van der Waals surface area contributed by atoms with Gasteiger partial charge in [-0.3, -0.25) is 4.79 Å². The molecule has 2 rings (SSSR count). The molecule has 0 fully saturated rings. The summed E-state index contributed by atoms with van der Waals surface area (Å²) in [7, 11) is 1.61. The number of halogens is 1. The molecule has 0 saturated heterocycles. The van der Waals surface area contributed by atoms with E-state index in [0.717, 1.165) is 9.26 Å². The van der Waals surface area contributed by atoms with Crippen molar-refractivity contribution in [2.75, 3.05) is 19.0 Å². The molecule has 0 atom stereocenters. The van der Waals surface area contributed by atoms with Crippen LogP contribution in [0.25, 0.3) is 0 Å². The van der Waals surface area contributed by atoms with Crippen molar-refractivity contribution < 1.29 is 14.3 Å². The molecular weight excluding hydrogens is 393 g/mol. The minimum absolute atomic E-state index is 0.00941. The predicted molar refractivity (Wildman–Crippen MR) is 95.5 cm³/mol. The lowest BCUT2D eigenvalue weighted by Crippen LogP contribution is -2.12. The van der Waals surface area contributed by atoms with Gasteiger partial charge in [0.05, 0.1) is 13.7 Å². The lowest BCUT2D eigenvalue weighted by molar-refractivity contribution is -0.116. The SMILES string of the molecule is COc1ccccc1OCCCC(=O)Nc1ccc(I)cc1. The smallest absolute Gasteiger partial charge is 0.224 e. The first-order chi connectivity index (χ1) is 10.7. The summed E-state index contributed by atoms with van der Waals surface area (Å²) in [6.45, 7) is 0.473. The molecule has 0 spiro atoms. The second-order valence-corrected chi connectivity index (χ2v) is 5.90. The molecule has 1 N–H and O–H groups in total. The van der Waals surface area contributed by atoms with Gasteiger partial charge in [0.1, 0.15) is 0 Å². The number of hydrogen-bond acceptors (Lipinski definition) is 3. The number of para-hydroxylation sites is 2. The molecule has 1 amide bonds. The Balaban J connectivity index is 1.72. The zero-order valence-corrected chi connectivity index (χ0v) is 14.5. The molecule has 0 aromatic heterocycles. The van der Waals surface area contributed by atoms with E-state index >= 15 is 0 Å². The minimum Gasteiger partial charge on any atom is -0.493 e. The van der Waals surface area contributed by atoms with Gasteiger partial charge in [-0.15, -0.1) is 0 Å². The standard InChI is InChI=1S/C17H18INO3/c1-21-15-5-2-3-6-16(15)22-12-4-7-17(20)19-14-10-8-13(18)9-11-14/h2-3,5-6,8-11H,4,7,12H2,1H3,(H,19,20). The third kappa shape index (κ3) is 5.22. The molecule has 0 radical (unpaired) electrons. The van der Waals surface area contributed by atoms with Crippen molar-refractivity contribution >= 4 is 34.2 Å².